The van der Waals surface area contributed by atoms with E-state index in [9.17, 15) is 4.79 Å². The molecule has 5 heteroatoms. The number of carbonyl (C=O) groups is 1. The van der Waals surface area contributed by atoms with Gasteiger partial charge in [-0.3, -0.25) is 20.7 Å². The van der Waals surface area contributed by atoms with Crippen molar-refractivity contribution in [1.82, 2.24) is 11.0 Å². The second-order valence-corrected chi connectivity index (χ2v) is 2.51. The predicted molar refractivity (Wildman–Crippen MR) is 49.3 cm³/mol. The van der Waals surface area contributed by atoms with E-state index < -0.39 is 5.91 Å². The number of benzene rings is 1. The Morgan fingerprint density at radius 2 is 1.79 bits per heavy atom. The summed E-state index contributed by atoms with van der Waals surface area (Å²) in [5, 5.41) is 17.0. The van der Waals surface area contributed by atoms with Gasteiger partial charge in [0.25, 0.3) is 5.91 Å². The van der Waals surface area contributed by atoms with Crippen molar-refractivity contribution >= 4 is 11.6 Å². The van der Waals surface area contributed by atoms with Crippen LogP contribution in [-0.2, 0) is 4.79 Å². The van der Waals surface area contributed by atoms with E-state index >= 15 is 0 Å². The van der Waals surface area contributed by atoms with Crippen molar-refractivity contribution in [2.45, 2.75) is 0 Å². The molecule has 0 bridgehead atoms. The summed E-state index contributed by atoms with van der Waals surface area (Å²) >= 11 is 0. The number of rotatable bonds is 3. The fourth-order valence-electron chi connectivity index (χ4n) is 0.961. The summed E-state index contributed by atoms with van der Waals surface area (Å²) in [7, 11) is 0. The minimum atomic E-state index is -0.717. The molecule has 0 aliphatic carbocycles. The van der Waals surface area contributed by atoms with Crippen molar-refractivity contribution in [2.24, 2.45) is 0 Å². The highest BCUT2D eigenvalue weighted by Crippen LogP contribution is 2.09. The normalized spacial score (nSPS) is 10.9. The van der Waals surface area contributed by atoms with Gasteiger partial charge in [0.2, 0.25) is 0 Å². The molecule has 14 heavy (non-hydrogen) atoms. The topological polar surface area (TPSA) is 81.6 Å². The summed E-state index contributed by atoms with van der Waals surface area (Å²) in [6, 6.07) is 8.75. The second-order valence-electron chi connectivity index (χ2n) is 2.51. The van der Waals surface area contributed by atoms with Crippen LogP contribution in [0.25, 0.3) is 5.70 Å². The molecule has 1 amide bonds. The maximum Gasteiger partial charge on any atom is 0.269 e. The lowest BCUT2D eigenvalue weighted by molar-refractivity contribution is -0.124. The van der Waals surface area contributed by atoms with Crippen molar-refractivity contribution in [1.29, 1.82) is 0 Å². The molecule has 0 heterocycles. The van der Waals surface area contributed by atoms with Crippen molar-refractivity contribution in [3.63, 3.8) is 0 Å². The van der Waals surface area contributed by atoms with Crippen LogP contribution in [-0.4, -0.2) is 16.3 Å². The van der Waals surface area contributed by atoms with Crippen LogP contribution in [0.2, 0.25) is 0 Å². The second kappa shape index (κ2) is 5.00. The zero-order valence-corrected chi connectivity index (χ0v) is 7.27. The molecule has 0 radical (unpaired) electrons. The number of carbonyl (C=O) groups excluding carboxylic acids is 1. The van der Waals surface area contributed by atoms with Crippen LogP contribution in [0.3, 0.4) is 0 Å². The van der Waals surface area contributed by atoms with Gasteiger partial charge in [-0.1, -0.05) is 30.3 Å². The summed E-state index contributed by atoms with van der Waals surface area (Å²) in [6.07, 6.45) is 1.04. The fraction of sp³-hybridized carbons (Fsp3) is 0. The first-order valence-electron chi connectivity index (χ1n) is 3.89. The van der Waals surface area contributed by atoms with Gasteiger partial charge in [-0.15, -0.1) is 0 Å². The van der Waals surface area contributed by atoms with Gasteiger partial charge in [0.1, 0.15) is 0 Å². The Kier molecular flexibility index (Phi) is 3.66. The number of nitrogens with one attached hydrogen (secondary N) is 2. The molecule has 0 unspecified atom stereocenters. The average molecular weight is 194 g/mol. The van der Waals surface area contributed by atoms with E-state index in [1.54, 1.807) is 24.3 Å². The van der Waals surface area contributed by atoms with Crippen LogP contribution < -0.4 is 11.0 Å². The number of hydrogen-bond donors (Lipinski definition) is 4. The van der Waals surface area contributed by atoms with Gasteiger partial charge in [-0.25, -0.2) is 5.48 Å². The lowest BCUT2D eigenvalue weighted by atomic mass is 10.1. The smallest absolute Gasteiger partial charge is 0.269 e. The maximum atomic E-state index is 10.8. The van der Waals surface area contributed by atoms with Crippen molar-refractivity contribution in [3.05, 3.63) is 42.0 Å². The van der Waals surface area contributed by atoms with Crippen molar-refractivity contribution < 1.29 is 15.2 Å². The standard InChI is InChI=1S/C9H10N2O3/c12-9(11-14)6-8(10-13)7-4-2-1-3-5-7/h1-6,10,13-14H,(H,11,12). The predicted octanol–water partition coefficient (Wildman–Crippen LogP) is 0.512. The molecule has 1 aromatic rings. The van der Waals surface area contributed by atoms with Crippen LogP contribution in [0, 0.1) is 0 Å². The van der Waals surface area contributed by atoms with E-state index in [0.29, 0.717) is 5.56 Å². The van der Waals surface area contributed by atoms with E-state index in [2.05, 4.69) is 0 Å². The van der Waals surface area contributed by atoms with Crippen LogP contribution >= 0.6 is 0 Å². The molecule has 0 saturated heterocycles. The van der Waals surface area contributed by atoms with Gasteiger partial charge in [-0.05, 0) is 0 Å². The van der Waals surface area contributed by atoms with E-state index in [4.69, 9.17) is 10.4 Å². The SMILES string of the molecule is O=C(C=C(NO)c1ccccc1)NO. The highest BCUT2D eigenvalue weighted by molar-refractivity contribution is 5.93. The Balaban J connectivity index is 2.93. The molecule has 5 nitrogen and oxygen atoms in total. The van der Waals surface area contributed by atoms with E-state index in [0.717, 1.165) is 6.08 Å². The van der Waals surface area contributed by atoms with Gasteiger partial charge in [-0.2, -0.15) is 0 Å². The molecule has 0 fully saturated rings. The van der Waals surface area contributed by atoms with Gasteiger partial charge in [0.05, 0.1) is 5.70 Å². The third-order valence-corrected chi connectivity index (χ3v) is 1.59. The Hall–Kier alpha value is -1.85. The minimum absolute atomic E-state index is 0.206. The molecule has 4 N–H and O–H groups in total. The first-order chi connectivity index (χ1) is 6.77. The van der Waals surface area contributed by atoms with Crippen LogP contribution in [0.15, 0.2) is 36.4 Å². The van der Waals surface area contributed by atoms with Crippen LogP contribution in [0.1, 0.15) is 5.56 Å². The Labute approximate surface area is 80.6 Å². The Morgan fingerprint density at radius 1 is 1.14 bits per heavy atom. The maximum absolute atomic E-state index is 10.8. The Morgan fingerprint density at radius 3 is 2.29 bits per heavy atom. The van der Waals surface area contributed by atoms with Crippen LogP contribution in [0.5, 0.6) is 0 Å². The lowest BCUT2D eigenvalue weighted by Gasteiger charge is -2.04. The average Bonchev–Trinajstić information content (AvgIpc) is 2.26. The number of amides is 1. The summed E-state index contributed by atoms with van der Waals surface area (Å²) in [5.74, 6) is -0.717. The largest absolute Gasteiger partial charge is 0.291 e. The molecular weight excluding hydrogens is 184 g/mol. The first kappa shape index (κ1) is 10.2. The summed E-state index contributed by atoms with van der Waals surface area (Å²) in [4.78, 5) is 10.8. The molecule has 0 aliphatic rings. The summed E-state index contributed by atoms with van der Waals surface area (Å²) in [5.41, 5.74) is 4.15. The zero-order chi connectivity index (χ0) is 10.4. The minimum Gasteiger partial charge on any atom is -0.291 e. The molecule has 0 saturated carbocycles. The van der Waals surface area contributed by atoms with Crippen molar-refractivity contribution in [2.75, 3.05) is 0 Å². The number of hydrogen-bond acceptors (Lipinski definition) is 4. The first-order valence-corrected chi connectivity index (χ1v) is 3.89. The van der Waals surface area contributed by atoms with E-state index in [-0.39, 0.29) is 5.70 Å². The molecule has 0 aliphatic heterocycles. The fourth-order valence-corrected chi connectivity index (χ4v) is 0.961. The molecular formula is C9H10N2O3. The molecule has 0 atom stereocenters. The molecule has 74 valence electrons. The molecule has 1 aromatic carbocycles. The summed E-state index contributed by atoms with van der Waals surface area (Å²) in [6.45, 7) is 0. The van der Waals surface area contributed by atoms with Crippen molar-refractivity contribution in [3.8, 4) is 0 Å². The third-order valence-electron chi connectivity index (χ3n) is 1.59. The quantitative estimate of drug-likeness (QED) is 0.321. The number of hydroxylamine groups is 2. The van der Waals surface area contributed by atoms with Gasteiger partial charge in [0, 0.05) is 11.6 Å². The van der Waals surface area contributed by atoms with Gasteiger partial charge >= 0.3 is 0 Å². The summed E-state index contributed by atoms with van der Waals surface area (Å²) < 4.78 is 0. The highest BCUT2D eigenvalue weighted by atomic mass is 16.5. The highest BCUT2D eigenvalue weighted by Gasteiger charge is 2.01. The molecule has 0 spiro atoms. The Bertz CT molecular complexity index is 335. The zero-order valence-electron chi connectivity index (χ0n) is 7.27. The van der Waals surface area contributed by atoms with E-state index in [1.165, 1.54) is 5.48 Å². The monoisotopic (exact) mass is 194 g/mol. The van der Waals surface area contributed by atoms with Crippen LogP contribution in [0.4, 0.5) is 0 Å². The third kappa shape index (κ3) is 2.58. The van der Waals surface area contributed by atoms with E-state index in [1.807, 2.05) is 11.5 Å². The molecule has 0 aromatic heterocycles. The molecule has 1 rings (SSSR count). The van der Waals surface area contributed by atoms with Gasteiger partial charge < -0.3 is 0 Å². The lowest BCUT2D eigenvalue weighted by Crippen LogP contribution is -2.18. The van der Waals surface area contributed by atoms with Gasteiger partial charge in [0.15, 0.2) is 0 Å².